The Labute approximate surface area is 203 Å². The van der Waals surface area contributed by atoms with Gasteiger partial charge in [0.1, 0.15) is 5.56 Å². The third-order valence-electron chi connectivity index (χ3n) is 5.90. The van der Waals surface area contributed by atoms with Gasteiger partial charge in [-0.05, 0) is 36.1 Å². The zero-order chi connectivity index (χ0) is 22.7. The lowest BCUT2D eigenvalue weighted by Crippen LogP contribution is -3.00. The molecule has 0 fully saturated rings. The molecule has 6 nitrogen and oxygen atoms in total. The van der Waals surface area contributed by atoms with E-state index in [0.29, 0.717) is 42.0 Å². The summed E-state index contributed by atoms with van der Waals surface area (Å²) in [6.45, 7) is 0.637. The number of ketones is 1. The average molecular weight is 512 g/mol. The van der Waals surface area contributed by atoms with Crippen molar-refractivity contribution in [3.05, 3.63) is 88.7 Å². The Bertz CT molecular complexity index is 1160. The van der Waals surface area contributed by atoms with Crippen LogP contribution in [0.5, 0.6) is 11.5 Å². The summed E-state index contributed by atoms with van der Waals surface area (Å²) in [7, 11) is 4.50. The highest BCUT2D eigenvalue weighted by Crippen LogP contribution is 2.37. The van der Waals surface area contributed by atoms with E-state index >= 15 is 0 Å². The molecule has 1 atom stereocenters. The normalized spacial score (nSPS) is 14.3. The fraction of sp³-hybridized carbons (Fsp3) is 0.269. The van der Waals surface area contributed by atoms with Gasteiger partial charge in [0.15, 0.2) is 36.2 Å². The minimum Gasteiger partial charge on any atom is -1.00 e. The number of ether oxygens (including phenoxy) is 3. The molecule has 172 valence electrons. The molecule has 7 heteroatoms. The number of esters is 1. The third kappa shape index (κ3) is 5.09. The number of carbonyl (C=O) groups excluding carboxylic acids is 2. The second-order valence-corrected chi connectivity index (χ2v) is 7.87. The van der Waals surface area contributed by atoms with Crippen LogP contribution in [0.4, 0.5) is 0 Å². The van der Waals surface area contributed by atoms with Crippen LogP contribution in [0.3, 0.4) is 0 Å². The van der Waals surface area contributed by atoms with Gasteiger partial charge in [0.05, 0.1) is 21.3 Å². The molecular weight excluding hydrogens is 486 g/mol. The number of hydrogen-bond donors (Lipinski definition) is 0. The van der Waals surface area contributed by atoms with Crippen LogP contribution in [0.2, 0.25) is 0 Å². The SMILES string of the molecule is COC(=O)c1c[n+](Cc2ccccc2)ccc1CC1Cc2cc(OC)c(OC)cc2C1=O.[Br-]. The number of nitrogens with zero attached hydrogens (tertiary/aromatic N) is 1. The molecule has 3 aromatic rings. The number of rotatable bonds is 7. The van der Waals surface area contributed by atoms with E-state index in [0.717, 1.165) is 16.7 Å². The first kappa shape index (κ1) is 24.5. The van der Waals surface area contributed by atoms with Gasteiger partial charge in [0.25, 0.3) is 0 Å². The van der Waals surface area contributed by atoms with E-state index in [-0.39, 0.29) is 28.7 Å². The van der Waals surface area contributed by atoms with Crippen LogP contribution in [-0.4, -0.2) is 33.1 Å². The number of hydrogen-bond acceptors (Lipinski definition) is 5. The van der Waals surface area contributed by atoms with E-state index in [2.05, 4.69) is 0 Å². The summed E-state index contributed by atoms with van der Waals surface area (Å²) in [6, 6.07) is 15.5. The maximum Gasteiger partial charge on any atom is 0.344 e. The lowest BCUT2D eigenvalue weighted by Gasteiger charge is -2.11. The lowest BCUT2D eigenvalue weighted by molar-refractivity contribution is -0.688. The van der Waals surface area contributed by atoms with Gasteiger partial charge in [-0.2, -0.15) is 4.57 Å². The summed E-state index contributed by atoms with van der Waals surface area (Å²) >= 11 is 0. The maximum absolute atomic E-state index is 13.1. The molecule has 4 rings (SSSR count). The van der Waals surface area contributed by atoms with Crippen molar-refractivity contribution in [3.8, 4) is 11.5 Å². The van der Waals surface area contributed by atoms with Crippen molar-refractivity contribution >= 4 is 11.8 Å². The summed E-state index contributed by atoms with van der Waals surface area (Å²) in [5.41, 5.74) is 4.00. The van der Waals surface area contributed by atoms with E-state index in [4.69, 9.17) is 14.2 Å². The molecule has 1 aliphatic carbocycles. The van der Waals surface area contributed by atoms with E-state index < -0.39 is 5.97 Å². The summed E-state index contributed by atoms with van der Waals surface area (Å²) in [4.78, 5) is 25.6. The van der Waals surface area contributed by atoms with Crippen LogP contribution < -0.4 is 31.0 Å². The Balaban J connectivity index is 0.00000306. The minimum atomic E-state index is -0.409. The van der Waals surface area contributed by atoms with Gasteiger partial charge >= 0.3 is 5.97 Å². The molecular formula is C26H26BrNO5. The van der Waals surface area contributed by atoms with Crippen LogP contribution in [0.25, 0.3) is 0 Å². The van der Waals surface area contributed by atoms with E-state index in [9.17, 15) is 9.59 Å². The van der Waals surface area contributed by atoms with Crippen LogP contribution in [0.15, 0.2) is 60.9 Å². The fourth-order valence-corrected chi connectivity index (χ4v) is 4.26. The number of Topliss-reactive ketones (excluding diaryl/α,β-unsaturated/α-hetero) is 1. The van der Waals surface area contributed by atoms with Crippen molar-refractivity contribution in [3.63, 3.8) is 0 Å². The van der Waals surface area contributed by atoms with E-state index in [1.54, 1.807) is 26.5 Å². The minimum absolute atomic E-state index is 0. The summed E-state index contributed by atoms with van der Waals surface area (Å²) in [5, 5.41) is 0. The molecule has 0 radical (unpaired) electrons. The predicted octanol–water partition coefficient (Wildman–Crippen LogP) is 0.428. The number of aromatic nitrogens is 1. The summed E-state index contributed by atoms with van der Waals surface area (Å²) < 4.78 is 17.7. The smallest absolute Gasteiger partial charge is 0.344 e. The second kappa shape index (κ2) is 10.6. The van der Waals surface area contributed by atoms with E-state index in [1.807, 2.05) is 53.2 Å². The fourth-order valence-electron chi connectivity index (χ4n) is 4.26. The monoisotopic (exact) mass is 511 g/mol. The zero-order valence-corrected chi connectivity index (χ0v) is 20.4. The van der Waals surface area contributed by atoms with Crippen molar-refractivity contribution in [2.75, 3.05) is 21.3 Å². The highest BCUT2D eigenvalue weighted by atomic mass is 79.9. The third-order valence-corrected chi connectivity index (χ3v) is 5.90. The molecule has 1 aliphatic rings. The van der Waals surface area contributed by atoms with Crippen molar-refractivity contribution in [2.24, 2.45) is 5.92 Å². The van der Waals surface area contributed by atoms with Crippen molar-refractivity contribution in [1.82, 2.24) is 0 Å². The molecule has 1 unspecified atom stereocenters. The largest absolute Gasteiger partial charge is 1.00 e. The van der Waals surface area contributed by atoms with Crippen molar-refractivity contribution in [2.45, 2.75) is 19.4 Å². The highest BCUT2D eigenvalue weighted by Gasteiger charge is 2.33. The molecule has 0 saturated heterocycles. The van der Waals surface area contributed by atoms with Crippen LogP contribution in [0, 0.1) is 5.92 Å². The first-order chi connectivity index (χ1) is 15.5. The first-order valence-electron chi connectivity index (χ1n) is 10.5. The van der Waals surface area contributed by atoms with Crippen LogP contribution >= 0.6 is 0 Å². The number of pyridine rings is 1. The molecule has 0 aliphatic heterocycles. The van der Waals surface area contributed by atoms with Gasteiger partial charge in [0.2, 0.25) is 0 Å². The number of benzene rings is 2. The number of fused-ring (bicyclic) bond motifs is 1. The van der Waals surface area contributed by atoms with Crippen molar-refractivity contribution in [1.29, 1.82) is 0 Å². The summed E-state index contributed by atoms with van der Waals surface area (Å²) in [5.74, 6) is 0.537. The molecule has 33 heavy (non-hydrogen) atoms. The van der Waals surface area contributed by atoms with Gasteiger partial charge < -0.3 is 31.2 Å². The molecule has 2 aromatic carbocycles. The topological polar surface area (TPSA) is 65.7 Å². The molecule has 0 bridgehead atoms. The highest BCUT2D eigenvalue weighted by molar-refractivity contribution is 6.03. The Morgan fingerprint density at radius 3 is 2.39 bits per heavy atom. The van der Waals surface area contributed by atoms with Gasteiger partial charge in [-0.1, -0.05) is 30.3 Å². The van der Waals surface area contributed by atoms with Crippen LogP contribution in [0.1, 0.15) is 37.4 Å². The van der Waals surface area contributed by atoms with Crippen molar-refractivity contribution < 1.29 is 45.3 Å². The quantitative estimate of drug-likeness (QED) is 0.340. The van der Waals surface area contributed by atoms with Gasteiger partial charge in [-0.15, -0.1) is 0 Å². The number of carbonyl (C=O) groups is 2. The van der Waals surface area contributed by atoms with Crippen LogP contribution in [-0.2, 0) is 24.1 Å². The Morgan fingerprint density at radius 2 is 1.73 bits per heavy atom. The van der Waals surface area contributed by atoms with Gasteiger partial charge in [-0.3, -0.25) is 4.79 Å². The molecule has 1 aromatic heterocycles. The molecule has 0 N–H and O–H groups in total. The Morgan fingerprint density at radius 1 is 1.03 bits per heavy atom. The predicted molar refractivity (Wildman–Crippen MR) is 118 cm³/mol. The molecule has 0 saturated carbocycles. The number of halogens is 1. The average Bonchev–Trinajstić information content (AvgIpc) is 3.13. The Hall–Kier alpha value is -3.19. The summed E-state index contributed by atoms with van der Waals surface area (Å²) in [6.07, 6.45) is 4.78. The number of methoxy groups -OCH3 is 3. The van der Waals surface area contributed by atoms with Gasteiger partial charge in [0, 0.05) is 23.1 Å². The van der Waals surface area contributed by atoms with E-state index in [1.165, 1.54) is 7.11 Å². The Kier molecular flexibility index (Phi) is 7.87. The van der Waals surface area contributed by atoms with Gasteiger partial charge in [-0.25, -0.2) is 4.79 Å². The molecule has 0 spiro atoms. The standard InChI is InChI=1S/C26H26NO5.BrH/c1-30-23-13-19-12-20(25(28)21(19)14-24(23)31-2)11-18-9-10-27(16-22(18)26(29)32-3)15-17-7-5-4-6-8-17;/h4-10,13-14,16,20H,11-12,15H2,1-3H3;1H/q+1;/p-1. The lowest BCUT2D eigenvalue weighted by atomic mass is 9.93. The second-order valence-electron chi connectivity index (χ2n) is 7.87. The first-order valence-corrected chi connectivity index (χ1v) is 10.5. The molecule has 1 heterocycles. The zero-order valence-electron chi connectivity index (χ0n) is 18.8. The maximum atomic E-state index is 13.1. The molecule has 0 amide bonds.